The molecule has 3 rings (SSSR count). The van der Waals surface area contributed by atoms with E-state index in [4.69, 9.17) is 0 Å². The van der Waals surface area contributed by atoms with Gasteiger partial charge in [0.05, 0.1) is 0 Å². The molecule has 0 nitrogen and oxygen atoms in total. The maximum Gasteiger partial charge on any atom is -0.0149 e. The highest BCUT2D eigenvalue weighted by Gasteiger charge is 2.19. The quantitative estimate of drug-likeness (QED) is 0.423. The Morgan fingerprint density at radius 2 is 1.10 bits per heavy atom. The molecule has 3 aromatic carbocycles. The largest absolute Gasteiger partial charge is 0.0622 e. The van der Waals surface area contributed by atoms with Gasteiger partial charge in [-0.15, -0.1) is 0 Å². The summed E-state index contributed by atoms with van der Waals surface area (Å²) in [5.41, 5.74) is 10.1. The Labute approximate surface area is 178 Å². The van der Waals surface area contributed by atoms with Crippen LogP contribution in [0.1, 0.15) is 58.2 Å². The molecule has 0 atom stereocenters. The van der Waals surface area contributed by atoms with Crippen molar-refractivity contribution in [3.05, 3.63) is 83.4 Å². The average Bonchev–Trinajstić information content (AvgIpc) is 2.62. The Balaban J connectivity index is 2.06. The molecule has 29 heavy (non-hydrogen) atoms. The summed E-state index contributed by atoms with van der Waals surface area (Å²) in [6, 6.07) is 24.7. The molecule has 3 aromatic rings. The van der Waals surface area contributed by atoms with Crippen LogP contribution in [0.3, 0.4) is 0 Å². The number of rotatable bonds is 4. The molecule has 152 valence electrons. The van der Waals surface area contributed by atoms with Gasteiger partial charge >= 0.3 is 0 Å². The Kier molecular flexibility index (Phi) is 6.03. The Morgan fingerprint density at radius 1 is 0.552 bits per heavy atom. The van der Waals surface area contributed by atoms with Crippen LogP contribution in [0.25, 0.3) is 22.3 Å². The van der Waals surface area contributed by atoms with Gasteiger partial charge in [-0.25, -0.2) is 0 Å². The maximum atomic E-state index is 2.44. The summed E-state index contributed by atoms with van der Waals surface area (Å²) in [6.45, 7) is 16.2. The summed E-state index contributed by atoms with van der Waals surface area (Å²) in [7, 11) is 0. The normalized spacial score (nSPS) is 12.2. The fraction of sp³-hybridized carbons (Fsp3) is 0.379. The SMILES string of the molecule is Cc1ccc(-c2ccc(CC(C)(C)C)c(CC(C)(C)C)c2)cc1-c1ccccc1. The number of hydrogen-bond acceptors (Lipinski definition) is 0. The standard InChI is InChI=1S/C29H36/c1-21-13-14-24(18-27(21)22-11-9-8-10-12-22)23-15-16-25(19-28(2,3)4)26(17-23)20-29(5,6)7/h8-18H,19-20H2,1-7H3. The molecule has 0 radical (unpaired) electrons. The molecule has 0 unspecified atom stereocenters. The molecule has 0 amide bonds. The van der Waals surface area contributed by atoms with Crippen LogP contribution >= 0.6 is 0 Å². The Bertz CT molecular complexity index is 963. The van der Waals surface area contributed by atoms with Crippen LogP contribution in [-0.4, -0.2) is 0 Å². The van der Waals surface area contributed by atoms with Crippen LogP contribution in [-0.2, 0) is 12.8 Å². The van der Waals surface area contributed by atoms with Crippen LogP contribution in [0.5, 0.6) is 0 Å². The topological polar surface area (TPSA) is 0 Å². The van der Waals surface area contributed by atoms with Crippen molar-refractivity contribution in [2.45, 2.75) is 61.3 Å². The van der Waals surface area contributed by atoms with E-state index in [0.717, 1.165) is 12.8 Å². The smallest absolute Gasteiger partial charge is 0.0149 e. The second-order valence-electron chi connectivity index (χ2n) is 10.9. The molecule has 0 saturated heterocycles. The van der Waals surface area contributed by atoms with Crippen molar-refractivity contribution in [3.63, 3.8) is 0 Å². The molecule has 0 fully saturated rings. The molecule has 0 spiro atoms. The first-order valence-corrected chi connectivity index (χ1v) is 10.8. The van der Waals surface area contributed by atoms with E-state index in [0.29, 0.717) is 5.41 Å². The fourth-order valence-electron chi connectivity index (χ4n) is 4.02. The molecule has 0 aromatic heterocycles. The van der Waals surface area contributed by atoms with Gasteiger partial charge in [0.15, 0.2) is 0 Å². The summed E-state index contributed by atoms with van der Waals surface area (Å²) in [6.07, 6.45) is 2.21. The second-order valence-corrected chi connectivity index (χ2v) is 10.9. The summed E-state index contributed by atoms with van der Waals surface area (Å²) < 4.78 is 0. The number of hydrogen-bond donors (Lipinski definition) is 0. The van der Waals surface area contributed by atoms with Crippen LogP contribution in [0, 0.1) is 17.8 Å². The van der Waals surface area contributed by atoms with Crippen molar-refractivity contribution in [2.75, 3.05) is 0 Å². The lowest BCUT2D eigenvalue weighted by Crippen LogP contribution is -2.15. The van der Waals surface area contributed by atoms with Crippen molar-refractivity contribution in [2.24, 2.45) is 10.8 Å². The van der Waals surface area contributed by atoms with Gasteiger partial charge in [0.1, 0.15) is 0 Å². The van der Waals surface area contributed by atoms with E-state index in [-0.39, 0.29) is 5.41 Å². The van der Waals surface area contributed by atoms with Gasteiger partial charge in [-0.05, 0) is 75.6 Å². The summed E-state index contributed by atoms with van der Waals surface area (Å²) in [5, 5.41) is 0. The van der Waals surface area contributed by atoms with E-state index in [1.165, 1.54) is 38.9 Å². The Morgan fingerprint density at radius 3 is 1.72 bits per heavy atom. The van der Waals surface area contributed by atoms with Crippen molar-refractivity contribution in [1.82, 2.24) is 0 Å². The van der Waals surface area contributed by atoms with Crippen molar-refractivity contribution < 1.29 is 0 Å². The molecule has 0 heterocycles. The minimum atomic E-state index is 0.272. The summed E-state index contributed by atoms with van der Waals surface area (Å²) in [5.74, 6) is 0. The van der Waals surface area contributed by atoms with E-state index >= 15 is 0 Å². The second kappa shape index (κ2) is 8.19. The molecule has 0 aliphatic rings. The number of aryl methyl sites for hydroxylation is 1. The monoisotopic (exact) mass is 384 g/mol. The molecule has 0 bridgehead atoms. The van der Waals surface area contributed by atoms with Crippen LogP contribution in [0.4, 0.5) is 0 Å². The highest BCUT2D eigenvalue weighted by atomic mass is 14.2. The van der Waals surface area contributed by atoms with Crippen molar-refractivity contribution in [1.29, 1.82) is 0 Å². The van der Waals surface area contributed by atoms with Gasteiger partial charge in [-0.3, -0.25) is 0 Å². The molecule has 0 N–H and O–H groups in total. The van der Waals surface area contributed by atoms with Gasteiger partial charge in [0, 0.05) is 0 Å². The van der Waals surface area contributed by atoms with E-state index in [2.05, 4.69) is 115 Å². The molecule has 0 aliphatic heterocycles. The molecule has 0 saturated carbocycles. The van der Waals surface area contributed by atoms with Crippen molar-refractivity contribution >= 4 is 0 Å². The fourth-order valence-corrected chi connectivity index (χ4v) is 4.02. The van der Waals surface area contributed by atoms with Crippen LogP contribution < -0.4 is 0 Å². The highest BCUT2D eigenvalue weighted by Crippen LogP contribution is 2.33. The molecule has 0 aliphatic carbocycles. The summed E-state index contributed by atoms with van der Waals surface area (Å²) in [4.78, 5) is 0. The van der Waals surface area contributed by atoms with Gasteiger partial charge < -0.3 is 0 Å². The zero-order valence-corrected chi connectivity index (χ0v) is 19.3. The number of benzene rings is 3. The van der Waals surface area contributed by atoms with Gasteiger partial charge in [0.2, 0.25) is 0 Å². The lowest BCUT2D eigenvalue weighted by atomic mass is 9.80. The first-order chi connectivity index (χ1) is 13.5. The summed E-state index contributed by atoms with van der Waals surface area (Å²) >= 11 is 0. The minimum absolute atomic E-state index is 0.272. The zero-order chi connectivity index (χ0) is 21.2. The first-order valence-electron chi connectivity index (χ1n) is 10.8. The first kappa shape index (κ1) is 21.4. The lowest BCUT2D eigenvalue weighted by Gasteiger charge is -2.25. The lowest BCUT2D eigenvalue weighted by molar-refractivity contribution is 0.392. The zero-order valence-electron chi connectivity index (χ0n) is 19.3. The maximum absolute atomic E-state index is 2.44. The van der Waals surface area contributed by atoms with Gasteiger partial charge in [0.25, 0.3) is 0 Å². The molecule has 0 heteroatoms. The third kappa shape index (κ3) is 5.82. The average molecular weight is 385 g/mol. The van der Waals surface area contributed by atoms with Gasteiger partial charge in [-0.2, -0.15) is 0 Å². The van der Waals surface area contributed by atoms with E-state index in [9.17, 15) is 0 Å². The van der Waals surface area contributed by atoms with Crippen LogP contribution in [0.15, 0.2) is 66.7 Å². The minimum Gasteiger partial charge on any atom is -0.0622 e. The highest BCUT2D eigenvalue weighted by molar-refractivity contribution is 5.75. The molecular formula is C29H36. The Hall–Kier alpha value is -2.34. The van der Waals surface area contributed by atoms with E-state index in [1.807, 2.05) is 0 Å². The molecular weight excluding hydrogens is 348 g/mol. The van der Waals surface area contributed by atoms with E-state index < -0.39 is 0 Å². The van der Waals surface area contributed by atoms with Gasteiger partial charge in [-0.1, -0.05) is 102 Å². The van der Waals surface area contributed by atoms with Crippen molar-refractivity contribution in [3.8, 4) is 22.3 Å². The third-order valence-corrected chi connectivity index (χ3v) is 5.30. The predicted molar refractivity (Wildman–Crippen MR) is 128 cm³/mol. The predicted octanol–water partition coefficient (Wildman–Crippen LogP) is 8.51. The third-order valence-electron chi connectivity index (χ3n) is 5.30. The van der Waals surface area contributed by atoms with Crippen LogP contribution in [0.2, 0.25) is 0 Å². The van der Waals surface area contributed by atoms with E-state index in [1.54, 1.807) is 0 Å².